The third kappa shape index (κ3) is 5.40. The number of aliphatic hydroxyl groups is 2. The summed E-state index contributed by atoms with van der Waals surface area (Å²) < 4.78 is 11.7. The predicted octanol–water partition coefficient (Wildman–Crippen LogP) is 3.76. The highest BCUT2D eigenvalue weighted by Gasteiger charge is 2.25. The van der Waals surface area contributed by atoms with E-state index in [2.05, 4.69) is 40.2 Å². The minimum atomic E-state index is -0.838. The molecule has 2 saturated heterocycles. The number of ether oxygens (including phenoxy) is 2. The van der Waals surface area contributed by atoms with Gasteiger partial charge in [-0.3, -0.25) is 4.90 Å². The first kappa shape index (κ1) is 26.3. The van der Waals surface area contributed by atoms with Gasteiger partial charge in [0.25, 0.3) is 0 Å². The molecule has 2 aliphatic heterocycles. The van der Waals surface area contributed by atoms with Gasteiger partial charge in [0, 0.05) is 43.0 Å². The quantitative estimate of drug-likeness (QED) is 0.325. The van der Waals surface area contributed by atoms with Gasteiger partial charge in [0.05, 0.1) is 36.4 Å². The Hall–Kier alpha value is -3.94. The molecule has 0 saturated carbocycles. The van der Waals surface area contributed by atoms with Crippen molar-refractivity contribution in [3.05, 3.63) is 66.2 Å². The molecule has 0 radical (unpaired) electrons. The number of rotatable bonds is 7. The van der Waals surface area contributed by atoms with E-state index in [1.807, 2.05) is 41.3 Å². The van der Waals surface area contributed by atoms with E-state index in [9.17, 15) is 15.5 Å². The van der Waals surface area contributed by atoms with Crippen LogP contribution in [0.5, 0.6) is 5.75 Å². The van der Waals surface area contributed by atoms with Crippen LogP contribution in [0.1, 0.15) is 18.4 Å². The van der Waals surface area contributed by atoms with E-state index < -0.39 is 6.23 Å². The van der Waals surface area contributed by atoms with E-state index in [1.54, 1.807) is 0 Å². The van der Waals surface area contributed by atoms with Gasteiger partial charge in [0.15, 0.2) is 0 Å². The van der Waals surface area contributed by atoms with Crippen LogP contribution < -0.4 is 9.64 Å². The lowest BCUT2D eigenvalue weighted by molar-refractivity contribution is -0.0567. The summed E-state index contributed by atoms with van der Waals surface area (Å²) in [6, 6.07) is 22.5. The number of aromatic nitrogens is 2. The molecule has 206 valence electrons. The van der Waals surface area contributed by atoms with Gasteiger partial charge in [-0.15, -0.1) is 0 Å². The van der Waals surface area contributed by atoms with Gasteiger partial charge in [0.1, 0.15) is 30.0 Å². The van der Waals surface area contributed by atoms with Gasteiger partial charge in [-0.05, 0) is 60.9 Å². The number of imidazole rings is 1. The maximum Gasteiger partial charge on any atom is 0.138 e. The molecule has 40 heavy (non-hydrogen) atoms. The maximum atomic E-state index is 9.92. The summed E-state index contributed by atoms with van der Waals surface area (Å²) in [5.41, 5.74) is 6.29. The number of anilines is 1. The molecule has 1 aromatic heterocycles. The Morgan fingerprint density at radius 1 is 1.02 bits per heavy atom. The van der Waals surface area contributed by atoms with Gasteiger partial charge in [-0.25, -0.2) is 4.98 Å². The van der Waals surface area contributed by atoms with Crippen LogP contribution in [-0.2, 0) is 4.74 Å². The number of fused-ring (bicyclic) bond motifs is 1. The highest BCUT2D eigenvalue weighted by molar-refractivity contribution is 5.94. The van der Waals surface area contributed by atoms with Crippen LogP contribution >= 0.6 is 0 Å². The Labute approximate surface area is 233 Å². The van der Waals surface area contributed by atoms with E-state index in [0.717, 1.165) is 59.9 Å². The first-order valence-corrected chi connectivity index (χ1v) is 13.8. The normalized spacial score (nSPS) is 17.6. The van der Waals surface area contributed by atoms with E-state index in [-0.39, 0.29) is 12.7 Å². The fraction of sp³-hybridized carbons (Fsp3) is 0.355. The van der Waals surface area contributed by atoms with Crippen LogP contribution in [0.25, 0.3) is 33.5 Å². The lowest BCUT2D eigenvalue weighted by Crippen LogP contribution is -2.45. The molecule has 3 N–H and O–H groups in total. The van der Waals surface area contributed by atoms with Crippen LogP contribution in [0.2, 0.25) is 0 Å². The van der Waals surface area contributed by atoms with E-state index >= 15 is 0 Å². The predicted molar refractivity (Wildman–Crippen MR) is 153 cm³/mol. The second kappa shape index (κ2) is 11.7. The molecule has 0 amide bonds. The van der Waals surface area contributed by atoms with Crippen LogP contribution in [0.3, 0.4) is 0 Å². The van der Waals surface area contributed by atoms with Crippen molar-refractivity contribution in [2.75, 3.05) is 50.9 Å². The Morgan fingerprint density at radius 3 is 2.50 bits per heavy atom. The summed E-state index contributed by atoms with van der Waals surface area (Å²) in [6.07, 6.45) is 0.542. The average molecular weight is 540 g/mol. The molecule has 0 aliphatic carbocycles. The van der Waals surface area contributed by atoms with Crippen LogP contribution in [0, 0.1) is 11.3 Å². The van der Waals surface area contributed by atoms with E-state index in [4.69, 9.17) is 14.5 Å². The topological polar surface area (TPSA) is 118 Å². The molecule has 2 aliphatic rings. The zero-order valence-corrected chi connectivity index (χ0v) is 22.3. The Balaban J connectivity index is 1.22. The molecule has 0 spiro atoms. The average Bonchev–Trinajstić information content (AvgIpc) is 3.46. The number of piperidine rings is 1. The zero-order chi connectivity index (χ0) is 27.5. The number of aromatic amines is 1. The first-order valence-electron chi connectivity index (χ1n) is 13.8. The van der Waals surface area contributed by atoms with Crippen molar-refractivity contribution in [3.63, 3.8) is 0 Å². The third-order valence-corrected chi connectivity index (χ3v) is 7.80. The van der Waals surface area contributed by atoms with Crippen molar-refractivity contribution in [1.29, 1.82) is 5.26 Å². The number of benzene rings is 3. The standard InChI is InChI=1S/C31H33N5O4/c32-19-23-18-22(6-9-28(23)40-25-10-12-36(13-11-25)29(38)20-37)26-2-1-3-27-30(26)34-31(33-27)21-4-7-24(8-5-21)35-14-16-39-17-15-35/h1-9,18,25,29,37-38H,10-17,20H2,(H,33,34). The Kier molecular flexibility index (Phi) is 7.66. The van der Waals surface area contributed by atoms with Gasteiger partial charge >= 0.3 is 0 Å². The zero-order valence-electron chi connectivity index (χ0n) is 22.3. The molecule has 6 rings (SSSR count). The Morgan fingerprint density at radius 2 is 1.77 bits per heavy atom. The molecule has 1 atom stereocenters. The highest BCUT2D eigenvalue weighted by atomic mass is 16.5. The number of hydrogen-bond donors (Lipinski definition) is 3. The number of aliphatic hydroxyl groups excluding tert-OH is 2. The first-order chi connectivity index (χ1) is 19.6. The largest absolute Gasteiger partial charge is 0.489 e. The number of likely N-dealkylation sites (tertiary alicyclic amines) is 1. The number of H-pyrrole nitrogens is 1. The molecule has 3 heterocycles. The Bertz CT molecular complexity index is 1500. The summed E-state index contributed by atoms with van der Waals surface area (Å²) in [5, 5.41) is 29.0. The highest BCUT2D eigenvalue weighted by Crippen LogP contribution is 2.33. The summed E-state index contributed by atoms with van der Waals surface area (Å²) >= 11 is 0. The van der Waals surface area contributed by atoms with Gasteiger partial charge in [-0.2, -0.15) is 5.26 Å². The van der Waals surface area contributed by atoms with Crippen LogP contribution in [0.15, 0.2) is 60.7 Å². The minimum absolute atomic E-state index is 0.0490. The molecule has 4 aromatic rings. The van der Waals surface area contributed by atoms with E-state index in [0.29, 0.717) is 37.2 Å². The number of nitriles is 1. The van der Waals surface area contributed by atoms with Crippen molar-refractivity contribution >= 4 is 16.7 Å². The fourth-order valence-corrected chi connectivity index (χ4v) is 5.53. The van der Waals surface area contributed by atoms with Crippen molar-refractivity contribution < 1.29 is 19.7 Å². The number of morpholine rings is 1. The van der Waals surface area contributed by atoms with E-state index in [1.165, 1.54) is 5.69 Å². The second-order valence-electron chi connectivity index (χ2n) is 10.3. The van der Waals surface area contributed by atoms with Crippen molar-refractivity contribution in [2.24, 2.45) is 0 Å². The molecule has 1 unspecified atom stereocenters. The summed E-state index contributed by atoms with van der Waals surface area (Å²) in [5.74, 6) is 1.36. The fourth-order valence-electron chi connectivity index (χ4n) is 5.53. The maximum absolute atomic E-state index is 9.92. The van der Waals surface area contributed by atoms with Crippen LogP contribution in [0.4, 0.5) is 5.69 Å². The lowest BCUT2D eigenvalue weighted by Gasteiger charge is -2.34. The van der Waals surface area contributed by atoms with Crippen LogP contribution in [-0.4, -0.2) is 83.4 Å². The molecule has 3 aromatic carbocycles. The number of nitrogens with one attached hydrogen (secondary N) is 1. The summed E-state index contributed by atoms with van der Waals surface area (Å²) in [7, 11) is 0. The van der Waals surface area contributed by atoms with Gasteiger partial charge < -0.3 is 29.6 Å². The molecule has 0 bridgehead atoms. The van der Waals surface area contributed by atoms with Gasteiger partial charge in [-0.1, -0.05) is 18.2 Å². The molecule has 9 heteroatoms. The minimum Gasteiger partial charge on any atom is -0.489 e. The summed E-state index contributed by atoms with van der Waals surface area (Å²) in [4.78, 5) is 12.6. The van der Waals surface area contributed by atoms with Crippen molar-refractivity contribution in [2.45, 2.75) is 25.2 Å². The molecule has 9 nitrogen and oxygen atoms in total. The number of hydrogen-bond acceptors (Lipinski definition) is 8. The van der Waals surface area contributed by atoms with Crippen molar-refractivity contribution in [3.8, 4) is 34.3 Å². The second-order valence-corrected chi connectivity index (χ2v) is 10.3. The number of nitrogens with zero attached hydrogens (tertiary/aromatic N) is 4. The summed E-state index contributed by atoms with van der Waals surface area (Å²) in [6.45, 7) is 4.29. The third-order valence-electron chi connectivity index (χ3n) is 7.80. The number of para-hydroxylation sites is 1. The van der Waals surface area contributed by atoms with Crippen molar-refractivity contribution in [1.82, 2.24) is 14.9 Å². The van der Waals surface area contributed by atoms with Gasteiger partial charge in [0.2, 0.25) is 0 Å². The smallest absolute Gasteiger partial charge is 0.138 e. The monoisotopic (exact) mass is 539 g/mol. The molecule has 2 fully saturated rings. The lowest BCUT2D eigenvalue weighted by atomic mass is 10.0. The molecular weight excluding hydrogens is 506 g/mol. The molecular formula is C31H33N5O4. The SMILES string of the molecule is N#Cc1cc(-c2cccc3[nH]c(-c4ccc(N5CCOCC5)cc4)nc23)ccc1OC1CCN(C(O)CO)CC1.